The summed E-state index contributed by atoms with van der Waals surface area (Å²) in [6.07, 6.45) is 1.65. The highest BCUT2D eigenvalue weighted by molar-refractivity contribution is 6.30. The lowest BCUT2D eigenvalue weighted by molar-refractivity contribution is 0.296. The molecule has 2 N–H and O–H groups in total. The molecule has 0 radical (unpaired) electrons. The van der Waals surface area contributed by atoms with Crippen LogP contribution in [0.15, 0.2) is 42.5 Å². The third-order valence-electron chi connectivity index (χ3n) is 3.01. The summed E-state index contributed by atoms with van der Waals surface area (Å²) in [6, 6.07) is 12.0. The monoisotopic (exact) mass is 293 g/mol. The van der Waals surface area contributed by atoms with Crippen molar-refractivity contribution in [2.45, 2.75) is 19.4 Å². The van der Waals surface area contributed by atoms with Gasteiger partial charge in [0.25, 0.3) is 0 Å². The van der Waals surface area contributed by atoms with Crippen LogP contribution in [0.3, 0.4) is 0 Å². The van der Waals surface area contributed by atoms with Gasteiger partial charge in [0.2, 0.25) is 0 Å². The maximum Gasteiger partial charge on any atom is 0.129 e. The van der Waals surface area contributed by atoms with E-state index < -0.39 is 0 Å². The van der Waals surface area contributed by atoms with Gasteiger partial charge in [0.1, 0.15) is 18.2 Å². The second kappa shape index (κ2) is 7.27. The minimum atomic E-state index is -0.259. The van der Waals surface area contributed by atoms with Crippen molar-refractivity contribution in [2.24, 2.45) is 5.73 Å². The number of ether oxygens (including phenoxy) is 1. The smallest absolute Gasteiger partial charge is 0.129 e. The minimum absolute atomic E-state index is 0.198. The molecule has 0 unspecified atom stereocenters. The molecule has 2 rings (SSSR count). The molecule has 0 spiro atoms. The first-order chi connectivity index (χ1) is 9.70. The van der Waals surface area contributed by atoms with Gasteiger partial charge in [-0.05, 0) is 49.2 Å². The zero-order chi connectivity index (χ0) is 14.4. The number of aryl methyl sites for hydroxylation is 1. The van der Waals surface area contributed by atoms with Crippen LogP contribution in [0.25, 0.3) is 0 Å². The molecule has 0 amide bonds. The molecule has 0 aliphatic carbocycles. The van der Waals surface area contributed by atoms with Gasteiger partial charge in [-0.3, -0.25) is 0 Å². The number of halogens is 2. The largest absolute Gasteiger partial charge is 0.489 e. The van der Waals surface area contributed by atoms with Crippen molar-refractivity contribution < 1.29 is 9.13 Å². The topological polar surface area (TPSA) is 35.2 Å². The molecular formula is C16H17ClFNO. The van der Waals surface area contributed by atoms with Gasteiger partial charge in [0.15, 0.2) is 0 Å². The second-order valence-electron chi connectivity index (χ2n) is 4.52. The standard InChI is InChI=1S/C16H17ClFNO/c17-14-7-8-16(12(10-14)5-3-9-19)20-11-13-4-1-2-6-15(13)18/h1-2,4,6-8,10H,3,5,9,11,19H2. The van der Waals surface area contributed by atoms with Crippen molar-refractivity contribution >= 4 is 11.6 Å². The number of benzene rings is 2. The van der Waals surface area contributed by atoms with Gasteiger partial charge < -0.3 is 10.5 Å². The van der Waals surface area contributed by atoms with Crippen LogP contribution < -0.4 is 10.5 Å². The first-order valence-corrected chi connectivity index (χ1v) is 6.93. The summed E-state index contributed by atoms with van der Waals surface area (Å²) < 4.78 is 19.3. The fourth-order valence-electron chi connectivity index (χ4n) is 1.95. The van der Waals surface area contributed by atoms with E-state index in [1.807, 2.05) is 12.1 Å². The lowest BCUT2D eigenvalue weighted by atomic mass is 10.1. The summed E-state index contributed by atoms with van der Waals surface area (Å²) in [6.45, 7) is 0.809. The Bertz CT molecular complexity index is 574. The van der Waals surface area contributed by atoms with Gasteiger partial charge in [0, 0.05) is 10.6 Å². The van der Waals surface area contributed by atoms with Crippen LogP contribution in [0.2, 0.25) is 5.02 Å². The molecule has 4 heteroatoms. The molecule has 0 saturated heterocycles. The maximum absolute atomic E-state index is 13.5. The van der Waals surface area contributed by atoms with Crippen LogP contribution >= 0.6 is 11.6 Å². The summed E-state index contributed by atoms with van der Waals surface area (Å²) in [5, 5.41) is 0.662. The predicted molar refractivity (Wildman–Crippen MR) is 79.6 cm³/mol. The highest BCUT2D eigenvalue weighted by Gasteiger charge is 2.07. The average molecular weight is 294 g/mol. The van der Waals surface area contributed by atoms with Crippen molar-refractivity contribution in [3.8, 4) is 5.75 Å². The van der Waals surface area contributed by atoms with E-state index in [2.05, 4.69) is 0 Å². The normalized spacial score (nSPS) is 10.6. The summed E-state index contributed by atoms with van der Waals surface area (Å²) in [5.74, 6) is 0.469. The maximum atomic E-state index is 13.5. The molecule has 0 saturated carbocycles. The van der Waals surface area contributed by atoms with Crippen LogP contribution in [0, 0.1) is 5.82 Å². The van der Waals surface area contributed by atoms with E-state index in [0.29, 0.717) is 17.1 Å². The molecule has 0 aromatic heterocycles. The zero-order valence-electron chi connectivity index (χ0n) is 11.1. The molecule has 2 nitrogen and oxygen atoms in total. The van der Waals surface area contributed by atoms with Gasteiger partial charge in [-0.2, -0.15) is 0 Å². The van der Waals surface area contributed by atoms with E-state index in [0.717, 1.165) is 24.2 Å². The molecule has 0 atom stereocenters. The van der Waals surface area contributed by atoms with E-state index in [9.17, 15) is 4.39 Å². The number of hydrogen-bond acceptors (Lipinski definition) is 2. The van der Waals surface area contributed by atoms with Gasteiger partial charge in [-0.15, -0.1) is 0 Å². The third-order valence-corrected chi connectivity index (χ3v) is 3.25. The first kappa shape index (κ1) is 14.8. The lowest BCUT2D eigenvalue weighted by Crippen LogP contribution is -2.04. The first-order valence-electron chi connectivity index (χ1n) is 6.55. The van der Waals surface area contributed by atoms with E-state index in [4.69, 9.17) is 22.1 Å². The van der Waals surface area contributed by atoms with Gasteiger partial charge in [0.05, 0.1) is 0 Å². The van der Waals surface area contributed by atoms with Crippen molar-refractivity contribution in [3.05, 3.63) is 64.4 Å². The zero-order valence-corrected chi connectivity index (χ0v) is 11.9. The molecule has 0 heterocycles. The highest BCUT2D eigenvalue weighted by Crippen LogP contribution is 2.25. The van der Waals surface area contributed by atoms with Crippen LogP contribution in [0.1, 0.15) is 17.5 Å². The highest BCUT2D eigenvalue weighted by atomic mass is 35.5. The number of nitrogens with two attached hydrogens (primary N) is 1. The molecule has 106 valence electrons. The molecule has 20 heavy (non-hydrogen) atoms. The Labute approximate surface area is 123 Å². The second-order valence-corrected chi connectivity index (χ2v) is 4.96. The lowest BCUT2D eigenvalue weighted by Gasteiger charge is -2.12. The van der Waals surface area contributed by atoms with Crippen LogP contribution in [0.5, 0.6) is 5.75 Å². The van der Waals surface area contributed by atoms with Gasteiger partial charge in [-0.1, -0.05) is 29.8 Å². The molecular weight excluding hydrogens is 277 g/mol. The molecule has 0 fully saturated rings. The van der Waals surface area contributed by atoms with Crippen molar-refractivity contribution in [2.75, 3.05) is 6.54 Å². The summed E-state index contributed by atoms with van der Waals surface area (Å²) in [5.41, 5.74) is 7.06. The Morgan fingerprint density at radius 2 is 1.90 bits per heavy atom. The Kier molecular flexibility index (Phi) is 5.39. The molecule has 0 bridgehead atoms. The van der Waals surface area contributed by atoms with Crippen LogP contribution in [-0.2, 0) is 13.0 Å². The van der Waals surface area contributed by atoms with Gasteiger partial charge >= 0.3 is 0 Å². The quantitative estimate of drug-likeness (QED) is 0.875. The van der Waals surface area contributed by atoms with Gasteiger partial charge in [-0.25, -0.2) is 4.39 Å². The van der Waals surface area contributed by atoms with Crippen LogP contribution in [0.4, 0.5) is 4.39 Å². The van der Waals surface area contributed by atoms with E-state index in [-0.39, 0.29) is 12.4 Å². The molecule has 2 aromatic rings. The Morgan fingerprint density at radius 3 is 2.65 bits per heavy atom. The van der Waals surface area contributed by atoms with Crippen molar-refractivity contribution in [1.82, 2.24) is 0 Å². The Morgan fingerprint density at radius 1 is 1.10 bits per heavy atom. The minimum Gasteiger partial charge on any atom is -0.489 e. The molecule has 2 aromatic carbocycles. The predicted octanol–water partition coefficient (Wildman–Crippen LogP) is 3.95. The van der Waals surface area contributed by atoms with E-state index in [1.165, 1.54) is 6.07 Å². The van der Waals surface area contributed by atoms with Crippen molar-refractivity contribution in [3.63, 3.8) is 0 Å². The summed E-state index contributed by atoms with van der Waals surface area (Å²) >= 11 is 5.99. The Balaban J connectivity index is 2.10. The number of rotatable bonds is 6. The SMILES string of the molecule is NCCCc1cc(Cl)ccc1OCc1ccccc1F. The Hall–Kier alpha value is -1.58. The van der Waals surface area contributed by atoms with Crippen molar-refractivity contribution in [1.29, 1.82) is 0 Å². The molecule has 0 aliphatic rings. The van der Waals surface area contributed by atoms with Crippen LogP contribution in [-0.4, -0.2) is 6.54 Å². The fraction of sp³-hybridized carbons (Fsp3) is 0.250. The third kappa shape index (κ3) is 3.95. The summed E-state index contributed by atoms with van der Waals surface area (Å²) in [4.78, 5) is 0. The molecule has 0 aliphatic heterocycles. The summed E-state index contributed by atoms with van der Waals surface area (Å²) in [7, 11) is 0. The fourth-order valence-corrected chi connectivity index (χ4v) is 2.14. The van der Waals surface area contributed by atoms with E-state index in [1.54, 1.807) is 24.3 Å². The van der Waals surface area contributed by atoms with E-state index >= 15 is 0 Å². The number of hydrogen-bond donors (Lipinski definition) is 1. The average Bonchev–Trinajstić information content (AvgIpc) is 2.45.